The van der Waals surface area contributed by atoms with Crippen molar-refractivity contribution in [3.8, 4) is 49.9 Å². The number of halogens is 3. The Labute approximate surface area is 468 Å². The van der Waals surface area contributed by atoms with Gasteiger partial charge in [-0.15, -0.1) is 22.7 Å². The van der Waals surface area contributed by atoms with Gasteiger partial charge in [0.05, 0.1) is 85.8 Å². The molecule has 0 spiro atoms. The summed E-state index contributed by atoms with van der Waals surface area (Å²) in [5.74, 6) is -0.583. The number of urea groups is 4. The van der Waals surface area contributed by atoms with E-state index in [4.69, 9.17) is 14.2 Å². The van der Waals surface area contributed by atoms with Crippen molar-refractivity contribution >= 4 is 90.0 Å². The lowest BCUT2D eigenvalue weighted by Gasteiger charge is -2.20. The molecule has 0 atom stereocenters. The van der Waals surface area contributed by atoms with Crippen molar-refractivity contribution in [3.63, 3.8) is 0 Å². The van der Waals surface area contributed by atoms with Gasteiger partial charge in [-0.2, -0.15) is 0 Å². The van der Waals surface area contributed by atoms with E-state index < -0.39 is 41.6 Å². The lowest BCUT2D eigenvalue weighted by Crippen LogP contribution is -2.39. The van der Waals surface area contributed by atoms with E-state index in [9.17, 15) is 23.6 Å². The molecule has 2 fully saturated rings. The molecule has 4 aromatic carbocycles. The predicted molar refractivity (Wildman–Crippen MR) is 302 cm³/mol. The van der Waals surface area contributed by atoms with Crippen LogP contribution in [0, 0.1) is 17.5 Å². The summed E-state index contributed by atoms with van der Waals surface area (Å²) < 4.78 is 66.9. The summed E-state index contributed by atoms with van der Waals surface area (Å²) in [5, 5.41) is 5.12. The number of aryl methyl sites for hydroxylation is 2. The molecule has 2 saturated heterocycles. The molecule has 0 unspecified atom stereocenters. The number of imide groups is 2. The highest BCUT2D eigenvalue weighted by molar-refractivity contribution is 7.23. The van der Waals surface area contributed by atoms with Crippen LogP contribution < -0.4 is 34.6 Å². The number of anilines is 4. The molecule has 19 nitrogen and oxygen atoms in total. The summed E-state index contributed by atoms with van der Waals surface area (Å²) in [5.41, 5.74) is 4.05. The average Bonchev–Trinajstić information content (AvgIpc) is 4.47. The van der Waals surface area contributed by atoms with Crippen LogP contribution >= 0.6 is 22.7 Å². The number of thiophene rings is 2. The summed E-state index contributed by atoms with van der Waals surface area (Å²) in [6.45, 7) is 6.37. The molecule has 0 bridgehead atoms. The highest BCUT2D eigenvalue weighted by Gasteiger charge is 2.37. The number of imidazole rings is 2. The second-order valence-corrected chi connectivity index (χ2v) is 20.2. The first kappa shape index (κ1) is 53.2. The third-order valence-corrected chi connectivity index (χ3v) is 15.4. The number of benzene rings is 4. The molecule has 6 aromatic heterocycles. The van der Waals surface area contributed by atoms with E-state index >= 15 is 8.78 Å². The first-order valence-electron chi connectivity index (χ1n) is 25.3. The number of rotatable bonds is 13. The summed E-state index contributed by atoms with van der Waals surface area (Å²) >= 11 is 2.90. The van der Waals surface area contributed by atoms with Gasteiger partial charge < -0.3 is 34.0 Å². The Morgan fingerprint density at radius 1 is 0.543 bits per heavy atom. The van der Waals surface area contributed by atoms with Gasteiger partial charge in [0.1, 0.15) is 23.1 Å². The van der Waals surface area contributed by atoms with E-state index in [0.717, 1.165) is 71.1 Å². The van der Waals surface area contributed by atoms with E-state index in [-0.39, 0.29) is 48.2 Å². The van der Waals surface area contributed by atoms with E-state index in [1.54, 1.807) is 67.5 Å². The Balaban J connectivity index is 0.000000170. The highest BCUT2D eigenvalue weighted by atomic mass is 32.1. The third kappa shape index (κ3) is 11.0. The van der Waals surface area contributed by atoms with Gasteiger partial charge in [-0.3, -0.25) is 19.8 Å². The largest absolute Gasteiger partial charge is 0.495 e. The number of hydrogen-bond acceptors (Lipinski definition) is 13. The second kappa shape index (κ2) is 22.9. The average molecular weight is 1130 g/mol. The molecule has 0 radical (unpaired) electrons. The number of methoxy groups -OCH3 is 1. The molecular formula is C57H47F3N12O7S2. The van der Waals surface area contributed by atoms with Crippen LogP contribution in [0.5, 0.6) is 28.7 Å². The molecular weight excluding hydrogens is 1090 g/mol. The monoisotopic (exact) mass is 1130 g/mol. The molecule has 24 heteroatoms. The standard InChI is InChI=1S/C29H25FN6O4S.C28H22F2N6O3S/c1-3-34-16-21(32-17-34)26-15-20-27(41-26)25(10-11-31-20)40-23-9-8-18(14-19(23)30)33-28(37)36-13-12-35(29(36)38)22-6-4-5-7-24(22)39-2;1-2-34-15-21(32-16-34)25-14-20-26(40-25)24(9-10-31-20)39-23-8-7-17(13-19(23)30)33-27(37)36-12-11-35(28(36)38)22-6-4-3-5-18(22)29/h4-11,14-17H,3,12-13H2,1-2H3,(H,33,37);3-10,13-16H,2,11-12H2,1H3,(H,33,37). The van der Waals surface area contributed by atoms with Gasteiger partial charge in [-0.25, -0.2) is 52.1 Å². The lowest BCUT2D eigenvalue weighted by molar-refractivity contribution is 0.207. The maximum atomic E-state index is 15.1. The van der Waals surface area contributed by atoms with Crippen molar-refractivity contribution in [2.24, 2.45) is 0 Å². The van der Waals surface area contributed by atoms with Crippen molar-refractivity contribution in [2.75, 3.05) is 53.7 Å². The van der Waals surface area contributed by atoms with Gasteiger partial charge in [0.2, 0.25) is 0 Å². The maximum absolute atomic E-state index is 15.1. The van der Waals surface area contributed by atoms with Crippen LogP contribution in [0.1, 0.15) is 13.8 Å². The molecule has 8 amide bonds. The second-order valence-electron chi connectivity index (χ2n) is 18.1. The topological polar surface area (TPSA) is 194 Å². The van der Waals surface area contributed by atoms with Gasteiger partial charge in [-0.05, 0) is 74.5 Å². The molecule has 12 rings (SSSR count). The van der Waals surface area contributed by atoms with Crippen molar-refractivity contribution in [1.29, 1.82) is 0 Å². The van der Waals surface area contributed by atoms with Crippen LogP contribution in [-0.4, -0.2) is 96.3 Å². The summed E-state index contributed by atoms with van der Waals surface area (Å²) in [6, 6.07) is 25.6. The Hall–Kier alpha value is -9.81. The fourth-order valence-corrected chi connectivity index (χ4v) is 11.0. The normalized spacial score (nSPS) is 13.3. The van der Waals surface area contributed by atoms with Gasteiger partial charge >= 0.3 is 24.1 Å². The van der Waals surface area contributed by atoms with Gasteiger partial charge in [-0.1, -0.05) is 24.3 Å². The minimum atomic E-state index is -0.746. The smallest absolute Gasteiger partial charge is 0.332 e. The molecule has 2 N–H and O–H groups in total. The number of ether oxygens (including phenoxy) is 3. The zero-order valence-electron chi connectivity index (χ0n) is 43.4. The number of amides is 8. The number of pyridine rings is 2. The maximum Gasteiger partial charge on any atom is 0.332 e. The lowest BCUT2D eigenvalue weighted by atomic mass is 10.2. The zero-order valence-corrected chi connectivity index (χ0v) is 45.0. The zero-order chi connectivity index (χ0) is 56.3. The number of carbonyl (C=O) groups excluding carboxylic acids is 4. The summed E-state index contributed by atoms with van der Waals surface area (Å²) in [4.78, 5) is 75.6. The number of aromatic nitrogens is 6. The third-order valence-electron chi connectivity index (χ3n) is 13.1. The SMILES string of the molecule is CCn1cnc(-c2cc3nccc(Oc4ccc(NC(=O)N5CCN(c6ccccc6F)C5=O)cc4F)c3s2)c1.CCn1cnc(-c2cc3nccc(Oc4ccc(NC(=O)N5CCN(c6ccccc6OC)C5=O)cc4F)c3s2)c1. The van der Waals surface area contributed by atoms with E-state index in [0.29, 0.717) is 35.0 Å². The Morgan fingerprint density at radius 2 is 1.01 bits per heavy atom. The van der Waals surface area contributed by atoms with Crippen molar-refractivity contribution < 1.29 is 46.6 Å². The van der Waals surface area contributed by atoms with E-state index in [1.807, 2.05) is 47.5 Å². The summed E-state index contributed by atoms with van der Waals surface area (Å²) in [6.07, 6.45) is 10.6. The molecule has 81 heavy (non-hydrogen) atoms. The number of nitrogens with one attached hydrogen (secondary N) is 2. The van der Waals surface area contributed by atoms with Crippen LogP contribution in [0.3, 0.4) is 0 Å². The van der Waals surface area contributed by atoms with E-state index in [2.05, 4.69) is 30.6 Å². The number of carbonyl (C=O) groups is 4. The first-order valence-corrected chi connectivity index (χ1v) is 26.9. The first-order chi connectivity index (χ1) is 39.4. The van der Waals surface area contributed by atoms with Crippen LogP contribution in [0.4, 0.5) is 55.1 Å². The number of para-hydroxylation sites is 3. The van der Waals surface area contributed by atoms with Crippen molar-refractivity contribution in [2.45, 2.75) is 26.9 Å². The molecule has 0 aliphatic carbocycles. The van der Waals surface area contributed by atoms with Crippen molar-refractivity contribution in [3.05, 3.63) is 164 Å². The van der Waals surface area contributed by atoms with Crippen LogP contribution in [-0.2, 0) is 13.1 Å². The Morgan fingerprint density at radius 3 is 1.47 bits per heavy atom. The minimum absolute atomic E-state index is 0.0136. The minimum Gasteiger partial charge on any atom is -0.495 e. The quantitative estimate of drug-likeness (QED) is 0.112. The predicted octanol–water partition coefficient (Wildman–Crippen LogP) is 13.3. The molecule has 2 aliphatic heterocycles. The summed E-state index contributed by atoms with van der Waals surface area (Å²) in [7, 11) is 1.52. The van der Waals surface area contributed by atoms with Crippen LogP contribution in [0.25, 0.3) is 41.6 Å². The van der Waals surface area contributed by atoms with Crippen LogP contribution in [0.15, 0.2) is 147 Å². The van der Waals surface area contributed by atoms with Gasteiger partial charge in [0, 0.05) is 86.6 Å². The Kier molecular flexibility index (Phi) is 15.0. The molecule has 0 saturated carbocycles. The molecule has 8 heterocycles. The molecule has 10 aromatic rings. The number of hydrogen-bond donors (Lipinski definition) is 2. The fraction of sp³-hybridized carbons (Fsp3) is 0.158. The fourth-order valence-electron chi connectivity index (χ4n) is 8.93. The van der Waals surface area contributed by atoms with E-state index in [1.165, 1.54) is 82.0 Å². The number of nitrogens with zero attached hydrogens (tertiary/aromatic N) is 10. The molecule has 2 aliphatic rings. The van der Waals surface area contributed by atoms with Gasteiger partial charge in [0.25, 0.3) is 0 Å². The number of fused-ring (bicyclic) bond motifs is 2. The van der Waals surface area contributed by atoms with Crippen LogP contribution in [0.2, 0.25) is 0 Å². The Bertz CT molecular complexity index is 4040. The molecule has 410 valence electrons. The highest BCUT2D eigenvalue weighted by Crippen LogP contribution is 2.41. The van der Waals surface area contributed by atoms with Crippen molar-refractivity contribution in [1.82, 2.24) is 38.9 Å². The van der Waals surface area contributed by atoms with Gasteiger partial charge in [0.15, 0.2) is 23.1 Å².